The molecule has 0 aromatic heterocycles. The number of hydrogen-bond acceptors (Lipinski definition) is 3. The van der Waals surface area contributed by atoms with E-state index in [1.54, 1.807) is 0 Å². The van der Waals surface area contributed by atoms with Gasteiger partial charge in [0.05, 0.1) is 11.7 Å². The van der Waals surface area contributed by atoms with Crippen molar-refractivity contribution in [3.05, 3.63) is 12.3 Å². The van der Waals surface area contributed by atoms with E-state index in [1.807, 2.05) is 0 Å². The molecule has 11 heavy (non-hydrogen) atoms. The third-order valence-electron chi connectivity index (χ3n) is 1.63. The van der Waals surface area contributed by atoms with Crippen LogP contribution in [0.4, 0.5) is 0 Å². The summed E-state index contributed by atoms with van der Waals surface area (Å²) in [6.07, 6.45) is 1.11. The first-order chi connectivity index (χ1) is 5.13. The van der Waals surface area contributed by atoms with Crippen molar-refractivity contribution in [2.24, 2.45) is 0 Å². The monoisotopic (exact) mass is 154 g/mol. The van der Waals surface area contributed by atoms with Gasteiger partial charge in [0.25, 0.3) is 0 Å². The fourth-order valence-corrected chi connectivity index (χ4v) is 1.04. The smallest absolute Gasteiger partial charge is 0.227 e. The summed E-state index contributed by atoms with van der Waals surface area (Å²) in [7, 11) is 0. The third kappa shape index (κ3) is 1.39. The summed E-state index contributed by atoms with van der Waals surface area (Å²) < 4.78 is 0. The Hall–Kier alpha value is -1.32. The van der Waals surface area contributed by atoms with Crippen LogP contribution in [0, 0.1) is 0 Å². The molecule has 1 heterocycles. The van der Waals surface area contributed by atoms with Crippen LogP contribution in [0.25, 0.3) is 0 Å². The number of carbonyl (C=O) groups is 2. The van der Waals surface area contributed by atoms with Crippen molar-refractivity contribution in [1.29, 1.82) is 0 Å². The molecule has 0 atom stereocenters. The van der Waals surface area contributed by atoms with E-state index in [1.165, 1.54) is 0 Å². The Morgan fingerprint density at radius 2 is 2.27 bits per heavy atom. The number of aliphatic carboxylic acids is 1. The highest BCUT2D eigenvalue weighted by atomic mass is 16.4. The van der Waals surface area contributed by atoms with E-state index >= 15 is 0 Å². The van der Waals surface area contributed by atoms with Crippen LogP contribution < -0.4 is 5.11 Å². The molecule has 0 aliphatic carbocycles. The molecule has 1 aliphatic heterocycles. The predicted octanol–water partition coefficient (Wildman–Crippen LogP) is -1.13. The molecule has 60 valence electrons. The van der Waals surface area contributed by atoms with Gasteiger partial charge in [-0.25, -0.2) is 0 Å². The van der Waals surface area contributed by atoms with Crippen LogP contribution in [0.15, 0.2) is 12.3 Å². The summed E-state index contributed by atoms with van der Waals surface area (Å²) in [5, 5.41) is 10.2. The number of likely N-dealkylation sites (tertiary alicyclic amines) is 1. The highest BCUT2D eigenvalue weighted by Gasteiger charge is 2.22. The largest absolute Gasteiger partial charge is 0.543 e. The van der Waals surface area contributed by atoms with E-state index in [0.29, 0.717) is 19.4 Å². The topological polar surface area (TPSA) is 60.4 Å². The molecule has 4 heteroatoms. The van der Waals surface area contributed by atoms with Crippen molar-refractivity contribution < 1.29 is 14.7 Å². The summed E-state index contributed by atoms with van der Waals surface area (Å²) in [5.74, 6) is -1.56. The molecule has 0 aromatic rings. The van der Waals surface area contributed by atoms with E-state index in [2.05, 4.69) is 6.58 Å². The molecule has 0 unspecified atom stereocenters. The first kappa shape index (κ1) is 7.78. The second-order valence-corrected chi connectivity index (χ2v) is 2.38. The zero-order valence-corrected chi connectivity index (χ0v) is 6.00. The predicted molar refractivity (Wildman–Crippen MR) is 35.1 cm³/mol. The molecular formula is C7H8NO3-. The van der Waals surface area contributed by atoms with Gasteiger partial charge in [0.2, 0.25) is 5.91 Å². The Bertz CT molecular complexity index is 222. The van der Waals surface area contributed by atoms with Gasteiger partial charge < -0.3 is 14.8 Å². The maximum atomic E-state index is 10.9. The summed E-state index contributed by atoms with van der Waals surface area (Å²) in [6.45, 7) is 3.68. The Morgan fingerprint density at radius 3 is 2.64 bits per heavy atom. The van der Waals surface area contributed by atoms with Crippen LogP contribution in [-0.2, 0) is 9.59 Å². The Kier molecular flexibility index (Phi) is 1.94. The fourth-order valence-electron chi connectivity index (χ4n) is 1.04. The Labute approximate surface area is 64.1 Å². The van der Waals surface area contributed by atoms with Crippen molar-refractivity contribution in [3.63, 3.8) is 0 Å². The number of carboxylic acid groups (broad SMARTS) is 1. The number of carboxylic acids is 1. The van der Waals surface area contributed by atoms with Crippen LogP contribution in [-0.4, -0.2) is 23.3 Å². The number of carbonyl (C=O) groups excluding carboxylic acids is 2. The van der Waals surface area contributed by atoms with E-state index < -0.39 is 5.97 Å². The lowest BCUT2D eigenvalue weighted by molar-refractivity contribution is -0.301. The average Bonchev–Trinajstić information content (AvgIpc) is 2.33. The van der Waals surface area contributed by atoms with Gasteiger partial charge in [-0.1, -0.05) is 6.58 Å². The zero-order valence-electron chi connectivity index (χ0n) is 6.00. The number of rotatable bonds is 2. The Balaban J connectivity index is 2.67. The lowest BCUT2D eigenvalue weighted by atomic mass is 10.4. The molecule has 1 saturated heterocycles. The standard InChI is InChI=1S/C7H9NO3/c1-5(7(10)11)8-4-2-3-6(8)9/h1-4H2,(H,10,11)/p-1. The first-order valence-corrected chi connectivity index (χ1v) is 3.33. The van der Waals surface area contributed by atoms with Gasteiger partial charge in [-0.3, -0.25) is 4.79 Å². The van der Waals surface area contributed by atoms with E-state index in [4.69, 9.17) is 0 Å². The van der Waals surface area contributed by atoms with E-state index in [9.17, 15) is 14.7 Å². The molecule has 0 N–H and O–H groups in total. The molecule has 0 spiro atoms. The highest BCUT2D eigenvalue weighted by molar-refractivity contribution is 5.91. The summed E-state index contributed by atoms with van der Waals surface area (Å²) in [4.78, 5) is 22.3. The summed E-state index contributed by atoms with van der Waals surface area (Å²) >= 11 is 0. The normalized spacial score (nSPS) is 17.1. The Morgan fingerprint density at radius 1 is 1.64 bits per heavy atom. The number of nitrogens with zero attached hydrogens (tertiary/aromatic N) is 1. The maximum Gasteiger partial charge on any atom is 0.227 e. The number of hydrogen-bond donors (Lipinski definition) is 0. The SMILES string of the molecule is C=C(C(=O)[O-])N1CCCC1=O. The van der Waals surface area contributed by atoms with Crippen molar-refractivity contribution in [1.82, 2.24) is 4.90 Å². The molecule has 1 rings (SSSR count). The van der Waals surface area contributed by atoms with E-state index in [-0.39, 0.29) is 11.6 Å². The van der Waals surface area contributed by atoms with Crippen molar-refractivity contribution in [3.8, 4) is 0 Å². The second kappa shape index (κ2) is 2.74. The quantitative estimate of drug-likeness (QED) is 0.473. The molecule has 0 radical (unpaired) electrons. The minimum absolute atomic E-state index is 0.181. The lowest BCUT2D eigenvalue weighted by Gasteiger charge is -2.18. The maximum absolute atomic E-state index is 10.9. The second-order valence-electron chi connectivity index (χ2n) is 2.38. The van der Waals surface area contributed by atoms with Crippen LogP contribution >= 0.6 is 0 Å². The van der Waals surface area contributed by atoms with Gasteiger partial charge in [0, 0.05) is 13.0 Å². The van der Waals surface area contributed by atoms with Crippen molar-refractivity contribution in [2.75, 3.05) is 6.54 Å². The molecule has 1 amide bonds. The van der Waals surface area contributed by atoms with Crippen LogP contribution in [0.2, 0.25) is 0 Å². The van der Waals surface area contributed by atoms with Crippen LogP contribution in [0.5, 0.6) is 0 Å². The molecule has 0 aromatic carbocycles. The van der Waals surface area contributed by atoms with Gasteiger partial charge in [0.15, 0.2) is 0 Å². The van der Waals surface area contributed by atoms with Crippen molar-refractivity contribution in [2.45, 2.75) is 12.8 Å². The molecule has 4 nitrogen and oxygen atoms in total. The summed E-state index contributed by atoms with van der Waals surface area (Å²) in [6, 6.07) is 0. The molecule has 0 bridgehead atoms. The van der Waals surface area contributed by atoms with Crippen molar-refractivity contribution >= 4 is 11.9 Å². The van der Waals surface area contributed by atoms with Gasteiger partial charge in [-0.15, -0.1) is 0 Å². The van der Waals surface area contributed by atoms with E-state index in [0.717, 1.165) is 4.90 Å². The molecule has 1 aliphatic rings. The van der Waals surface area contributed by atoms with Gasteiger partial charge in [-0.05, 0) is 6.42 Å². The molecule has 0 saturated carbocycles. The molecule has 1 fully saturated rings. The number of amides is 1. The fraction of sp³-hybridized carbons (Fsp3) is 0.429. The van der Waals surface area contributed by atoms with Crippen LogP contribution in [0.1, 0.15) is 12.8 Å². The van der Waals surface area contributed by atoms with Gasteiger partial charge >= 0.3 is 0 Å². The minimum Gasteiger partial charge on any atom is -0.543 e. The van der Waals surface area contributed by atoms with Gasteiger partial charge in [-0.2, -0.15) is 0 Å². The minimum atomic E-state index is -1.37. The zero-order chi connectivity index (χ0) is 8.43. The molecular weight excluding hydrogens is 146 g/mol. The first-order valence-electron chi connectivity index (χ1n) is 3.33. The lowest BCUT2D eigenvalue weighted by Crippen LogP contribution is -2.35. The summed E-state index contributed by atoms with van der Waals surface area (Å²) in [5.41, 5.74) is -0.229. The van der Waals surface area contributed by atoms with Gasteiger partial charge in [0.1, 0.15) is 0 Å². The third-order valence-corrected chi connectivity index (χ3v) is 1.63. The van der Waals surface area contributed by atoms with Crippen LogP contribution in [0.3, 0.4) is 0 Å². The average molecular weight is 154 g/mol. The highest BCUT2D eigenvalue weighted by Crippen LogP contribution is 2.13.